The predicted molar refractivity (Wildman–Crippen MR) is 114 cm³/mol. The van der Waals surface area contributed by atoms with Crippen LogP contribution in [0.25, 0.3) is 10.2 Å². The number of aryl methyl sites for hydroxylation is 3. The van der Waals surface area contributed by atoms with Gasteiger partial charge in [0.2, 0.25) is 0 Å². The van der Waals surface area contributed by atoms with E-state index in [0.29, 0.717) is 11.3 Å². The van der Waals surface area contributed by atoms with E-state index in [4.69, 9.17) is 0 Å². The largest absolute Gasteiger partial charge is 0.317 e. The Balaban J connectivity index is 2.11. The van der Waals surface area contributed by atoms with Crippen LogP contribution in [0.1, 0.15) is 42.3 Å². The zero-order valence-electron chi connectivity index (χ0n) is 16.7. The maximum Gasteiger partial charge on any atom is 0.279 e. The van der Waals surface area contributed by atoms with E-state index in [-0.39, 0.29) is 10.5 Å². The summed E-state index contributed by atoms with van der Waals surface area (Å²) in [6, 6.07) is 10.3. The average Bonchev–Trinajstić information content (AvgIpc) is 2.97. The van der Waals surface area contributed by atoms with Crippen molar-refractivity contribution < 1.29 is 13.2 Å². The first-order chi connectivity index (χ1) is 13.1. The molecule has 3 rings (SSSR count). The molecule has 0 radical (unpaired) electrons. The first-order valence-electron chi connectivity index (χ1n) is 9.18. The van der Waals surface area contributed by atoms with Crippen LogP contribution in [0.15, 0.2) is 46.3 Å². The topological polar surface area (TPSA) is 68.5 Å². The Labute approximate surface area is 169 Å². The highest BCUT2D eigenvalue weighted by atomic mass is 32.2. The lowest BCUT2D eigenvalue weighted by atomic mass is 10.1. The predicted octanol–water partition coefficient (Wildman–Crippen LogP) is 4.26. The number of aromatic nitrogens is 1. The van der Waals surface area contributed by atoms with Crippen LogP contribution in [0.5, 0.6) is 0 Å². The van der Waals surface area contributed by atoms with Crippen molar-refractivity contribution in [1.29, 1.82) is 0 Å². The number of sulfone groups is 1. The number of fused-ring (bicyclic) bond motifs is 1. The normalized spacial score (nSPS) is 12.9. The Kier molecular flexibility index (Phi) is 5.59. The highest BCUT2D eigenvalue weighted by Crippen LogP contribution is 2.22. The second kappa shape index (κ2) is 7.64. The van der Waals surface area contributed by atoms with Gasteiger partial charge in [-0.1, -0.05) is 17.4 Å². The van der Waals surface area contributed by atoms with Gasteiger partial charge in [-0.15, -0.1) is 0 Å². The Morgan fingerprint density at radius 2 is 1.82 bits per heavy atom. The Hall–Kier alpha value is -2.25. The molecule has 28 heavy (non-hydrogen) atoms. The summed E-state index contributed by atoms with van der Waals surface area (Å²) >= 11 is 1.47. The molecule has 0 aliphatic heterocycles. The van der Waals surface area contributed by atoms with Crippen molar-refractivity contribution in [3.05, 3.63) is 57.9 Å². The maximum absolute atomic E-state index is 12.8. The van der Waals surface area contributed by atoms with Gasteiger partial charge in [0.05, 0.1) is 20.4 Å². The summed E-state index contributed by atoms with van der Waals surface area (Å²) in [5, 5.41) is -0.550. The number of nitrogens with zero attached hydrogens (tertiary/aromatic N) is 2. The molecule has 1 amide bonds. The smallest absolute Gasteiger partial charge is 0.279 e. The molecule has 148 valence electrons. The third-order valence-electron chi connectivity index (χ3n) is 4.84. The van der Waals surface area contributed by atoms with Gasteiger partial charge in [0.1, 0.15) is 0 Å². The molecule has 1 aromatic heterocycles. The Morgan fingerprint density at radius 1 is 1.14 bits per heavy atom. The molecule has 0 fully saturated rings. The van der Waals surface area contributed by atoms with Crippen LogP contribution >= 0.6 is 11.3 Å². The molecule has 2 aromatic carbocycles. The molecule has 0 bridgehead atoms. The molecule has 0 aliphatic rings. The number of amides is 1. The molecular weight excluding hydrogens is 392 g/mol. The summed E-state index contributed by atoms with van der Waals surface area (Å²) in [6.07, 6.45) is 0. The van der Waals surface area contributed by atoms with E-state index in [2.05, 4.69) is 31.0 Å². The van der Waals surface area contributed by atoms with Crippen molar-refractivity contribution in [3.63, 3.8) is 0 Å². The third-order valence-corrected chi connectivity index (χ3v) is 8.04. The van der Waals surface area contributed by atoms with Crippen molar-refractivity contribution in [1.82, 2.24) is 4.57 Å². The molecule has 0 atom stereocenters. The molecular formula is C21H24N2O3S2. The highest BCUT2D eigenvalue weighted by Gasteiger charge is 2.20. The molecule has 0 aliphatic carbocycles. The van der Waals surface area contributed by atoms with Crippen molar-refractivity contribution in [2.24, 2.45) is 4.99 Å². The van der Waals surface area contributed by atoms with Gasteiger partial charge in [0.25, 0.3) is 5.91 Å². The van der Waals surface area contributed by atoms with Crippen molar-refractivity contribution in [3.8, 4) is 0 Å². The first-order valence-corrected chi connectivity index (χ1v) is 11.5. The molecule has 1 heterocycles. The molecule has 3 aromatic rings. The van der Waals surface area contributed by atoms with Gasteiger partial charge < -0.3 is 4.57 Å². The zero-order valence-corrected chi connectivity index (χ0v) is 18.3. The Bertz CT molecular complexity index is 1230. The summed E-state index contributed by atoms with van der Waals surface area (Å²) in [5.74, 6) is -0.442. The first kappa shape index (κ1) is 20.5. The van der Waals surface area contributed by atoms with Crippen molar-refractivity contribution >= 4 is 37.3 Å². The van der Waals surface area contributed by atoms with Gasteiger partial charge in [-0.3, -0.25) is 4.79 Å². The number of hydrogen-bond donors (Lipinski definition) is 0. The standard InChI is InChI=1S/C21H24N2O3S2/c1-6-23-18-10-14(4)15(5)11-19(18)27-21(23)22-20(24)16-8-7-9-17(12-16)28(25,26)13(2)3/h7-13H,6H2,1-5H3. The minimum Gasteiger partial charge on any atom is -0.317 e. The van der Waals surface area contributed by atoms with E-state index in [9.17, 15) is 13.2 Å². The second-order valence-electron chi connectivity index (χ2n) is 7.07. The molecule has 5 nitrogen and oxygen atoms in total. The van der Waals surface area contributed by atoms with E-state index in [0.717, 1.165) is 10.2 Å². The number of rotatable bonds is 4. The van der Waals surface area contributed by atoms with Gasteiger partial charge in [0, 0.05) is 12.1 Å². The molecule has 0 saturated carbocycles. The van der Waals surface area contributed by atoms with E-state index in [1.807, 2.05) is 11.5 Å². The third kappa shape index (κ3) is 3.69. The van der Waals surface area contributed by atoms with E-state index >= 15 is 0 Å². The SMILES string of the molecule is CCn1c(=NC(=O)c2cccc(S(=O)(=O)C(C)C)c2)sc2cc(C)c(C)cc21. The minimum atomic E-state index is -3.45. The number of carbonyl (C=O) groups excluding carboxylic acids is 1. The summed E-state index contributed by atoms with van der Waals surface area (Å²) in [7, 11) is -3.45. The number of thiazole rings is 1. The molecule has 0 N–H and O–H groups in total. The van der Waals surface area contributed by atoms with Gasteiger partial charge in [-0.05, 0) is 76.1 Å². The Morgan fingerprint density at radius 3 is 2.46 bits per heavy atom. The van der Waals surface area contributed by atoms with Crippen molar-refractivity contribution in [2.75, 3.05) is 0 Å². The fourth-order valence-corrected chi connectivity index (χ4v) is 5.22. The average molecular weight is 417 g/mol. The van der Waals surface area contributed by atoms with Crippen LogP contribution in [0.3, 0.4) is 0 Å². The molecule has 0 spiro atoms. The number of carbonyl (C=O) groups is 1. The fraction of sp³-hybridized carbons (Fsp3) is 0.333. The molecule has 0 saturated heterocycles. The molecule has 7 heteroatoms. The zero-order chi connectivity index (χ0) is 20.6. The van der Waals surface area contributed by atoms with E-state index < -0.39 is 21.0 Å². The van der Waals surface area contributed by atoms with Crippen molar-refractivity contribution in [2.45, 2.75) is 51.3 Å². The lowest BCUT2D eigenvalue weighted by molar-refractivity contribution is 0.0997. The molecule has 0 unspecified atom stereocenters. The second-order valence-corrected chi connectivity index (χ2v) is 10.6. The van der Waals surface area contributed by atoms with Crippen LogP contribution in [0, 0.1) is 13.8 Å². The number of hydrogen-bond acceptors (Lipinski definition) is 4. The lowest BCUT2D eigenvalue weighted by Gasteiger charge is -2.08. The van der Waals surface area contributed by atoms with Crippen LogP contribution < -0.4 is 4.80 Å². The minimum absolute atomic E-state index is 0.148. The number of benzene rings is 2. The fourth-order valence-electron chi connectivity index (χ4n) is 2.94. The summed E-state index contributed by atoms with van der Waals surface area (Å²) in [5.41, 5.74) is 3.71. The monoisotopic (exact) mass is 416 g/mol. The lowest BCUT2D eigenvalue weighted by Crippen LogP contribution is -2.17. The van der Waals surface area contributed by atoms with Gasteiger partial charge in [-0.25, -0.2) is 8.42 Å². The van der Waals surface area contributed by atoms with Crippen LogP contribution in [0.4, 0.5) is 0 Å². The van der Waals surface area contributed by atoms with E-state index in [1.165, 1.54) is 34.6 Å². The van der Waals surface area contributed by atoms with Gasteiger partial charge in [-0.2, -0.15) is 4.99 Å². The van der Waals surface area contributed by atoms with Crippen LogP contribution in [-0.4, -0.2) is 24.1 Å². The van der Waals surface area contributed by atoms with Crippen LogP contribution in [-0.2, 0) is 16.4 Å². The summed E-state index contributed by atoms with van der Waals surface area (Å²) in [4.78, 5) is 17.8. The van der Waals surface area contributed by atoms with E-state index in [1.54, 1.807) is 26.0 Å². The maximum atomic E-state index is 12.8. The van der Waals surface area contributed by atoms with Crippen LogP contribution in [0.2, 0.25) is 0 Å². The van der Waals surface area contributed by atoms with Gasteiger partial charge in [0.15, 0.2) is 14.6 Å². The summed E-state index contributed by atoms with van der Waals surface area (Å²) in [6.45, 7) is 10.1. The summed E-state index contributed by atoms with van der Waals surface area (Å²) < 4.78 is 27.9. The quantitative estimate of drug-likeness (QED) is 0.638. The van der Waals surface area contributed by atoms with Gasteiger partial charge >= 0.3 is 0 Å². The highest BCUT2D eigenvalue weighted by molar-refractivity contribution is 7.92.